The zero-order valence-corrected chi connectivity index (χ0v) is 11.8. The van der Waals surface area contributed by atoms with E-state index in [9.17, 15) is 5.11 Å². The van der Waals surface area contributed by atoms with Gasteiger partial charge in [0.1, 0.15) is 12.6 Å². The molecule has 1 aliphatic heterocycles. The maximum atomic E-state index is 9.98. The summed E-state index contributed by atoms with van der Waals surface area (Å²) in [4.78, 5) is 2.77. The summed E-state index contributed by atoms with van der Waals surface area (Å²) in [6, 6.07) is 4.10. The number of likely N-dealkylation sites (tertiary alicyclic amines) is 1. The molecule has 1 atom stereocenters. The summed E-state index contributed by atoms with van der Waals surface area (Å²) in [5.41, 5.74) is 0. The minimum atomic E-state index is -0.321. The number of quaternary nitrogens is 1. The minimum absolute atomic E-state index is 0.321. The third-order valence-electron chi connectivity index (χ3n) is 3.47. The lowest BCUT2D eigenvalue weighted by atomic mass is 10.2. The zero-order chi connectivity index (χ0) is 12.6. The van der Waals surface area contributed by atoms with Gasteiger partial charge in [0, 0.05) is 4.88 Å². The van der Waals surface area contributed by atoms with Crippen LogP contribution in [0.4, 0.5) is 0 Å². The molecule has 1 aromatic heterocycles. The Morgan fingerprint density at radius 2 is 2.06 bits per heavy atom. The van der Waals surface area contributed by atoms with Crippen molar-refractivity contribution in [3.05, 3.63) is 22.4 Å². The molecule has 1 aromatic rings. The van der Waals surface area contributed by atoms with Crippen LogP contribution in [0.3, 0.4) is 0 Å². The molecule has 0 aromatic carbocycles. The molecule has 3 nitrogen and oxygen atoms in total. The number of aliphatic hydroxyl groups excluding tert-OH is 1. The van der Waals surface area contributed by atoms with Crippen LogP contribution in [0.1, 0.15) is 30.6 Å². The van der Waals surface area contributed by atoms with Crippen molar-refractivity contribution in [2.24, 2.45) is 0 Å². The van der Waals surface area contributed by atoms with E-state index >= 15 is 0 Å². The van der Waals surface area contributed by atoms with Crippen molar-refractivity contribution < 1.29 is 14.7 Å². The smallest absolute Gasteiger partial charge is 0.126 e. The fourth-order valence-electron chi connectivity index (χ4n) is 2.52. The number of hydrogen-bond acceptors (Lipinski definition) is 3. The normalized spacial score (nSPS) is 19.6. The van der Waals surface area contributed by atoms with Crippen LogP contribution < -0.4 is 4.90 Å². The van der Waals surface area contributed by atoms with Crippen LogP contribution in [0.25, 0.3) is 0 Å². The lowest BCUT2D eigenvalue weighted by molar-refractivity contribution is -0.902. The van der Waals surface area contributed by atoms with Crippen molar-refractivity contribution in [2.45, 2.75) is 38.4 Å². The molecule has 18 heavy (non-hydrogen) atoms. The average Bonchev–Trinajstić information content (AvgIpc) is 2.74. The highest BCUT2D eigenvalue weighted by Crippen LogP contribution is 2.09. The summed E-state index contributed by atoms with van der Waals surface area (Å²) < 4.78 is 5.56. The fraction of sp³-hybridized carbons (Fsp3) is 0.714. The van der Waals surface area contributed by atoms with E-state index in [2.05, 4.69) is 11.4 Å². The quantitative estimate of drug-likeness (QED) is 0.811. The molecule has 2 N–H and O–H groups in total. The van der Waals surface area contributed by atoms with Gasteiger partial charge in [-0.2, -0.15) is 0 Å². The summed E-state index contributed by atoms with van der Waals surface area (Å²) >= 11 is 1.70. The van der Waals surface area contributed by atoms with E-state index in [0.29, 0.717) is 13.2 Å². The Balaban J connectivity index is 1.60. The van der Waals surface area contributed by atoms with E-state index < -0.39 is 0 Å². The second-order valence-corrected chi connectivity index (χ2v) is 6.15. The molecule has 0 spiro atoms. The molecule has 2 rings (SSSR count). The van der Waals surface area contributed by atoms with Crippen LogP contribution in [0.2, 0.25) is 0 Å². The van der Waals surface area contributed by atoms with Crippen LogP contribution >= 0.6 is 11.3 Å². The number of rotatable bonds is 6. The molecule has 2 heterocycles. The molecule has 0 unspecified atom stereocenters. The van der Waals surface area contributed by atoms with Crippen LogP contribution in [0.15, 0.2) is 17.5 Å². The van der Waals surface area contributed by atoms with Crippen molar-refractivity contribution in [2.75, 3.05) is 26.2 Å². The van der Waals surface area contributed by atoms with Crippen LogP contribution in [0, 0.1) is 0 Å². The maximum Gasteiger partial charge on any atom is 0.126 e. The summed E-state index contributed by atoms with van der Waals surface area (Å²) in [5.74, 6) is 0. The lowest BCUT2D eigenvalue weighted by Gasteiger charge is -2.20. The molecule has 0 saturated carbocycles. The Bertz CT molecular complexity index is 308. The molecule has 4 heteroatoms. The third-order valence-corrected chi connectivity index (χ3v) is 4.32. The van der Waals surface area contributed by atoms with Gasteiger partial charge >= 0.3 is 0 Å². The van der Waals surface area contributed by atoms with Crippen molar-refractivity contribution in [3.63, 3.8) is 0 Å². The average molecular weight is 270 g/mol. The third kappa shape index (κ3) is 5.06. The number of nitrogens with one attached hydrogen (secondary N) is 1. The largest absolute Gasteiger partial charge is 0.385 e. The molecule has 0 aliphatic carbocycles. The van der Waals surface area contributed by atoms with Crippen molar-refractivity contribution >= 4 is 11.3 Å². The standard InChI is InChI=1S/C14H23NO2S/c16-13(10-15-7-3-1-2-4-8-15)11-17-12-14-6-5-9-18-14/h5-6,9,13,16H,1-4,7-8,10-12H2/p+1/t13-/m1/s1. The first kappa shape index (κ1) is 14.0. The second kappa shape index (κ2) is 7.89. The zero-order valence-electron chi connectivity index (χ0n) is 10.9. The highest BCUT2D eigenvalue weighted by molar-refractivity contribution is 7.09. The van der Waals surface area contributed by atoms with Gasteiger partial charge < -0.3 is 14.7 Å². The molecule has 0 radical (unpaired) electrons. The van der Waals surface area contributed by atoms with E-state index in [0.717, 1.165) is 6.54 Å². The van der Waals surface area contributed by atoms with E-state index in [-0.39, 0.29) is 6.10 Å². The van der Waals surface area contributed by atoms with E-state index in [1.54, 1.807) is 16.2 Å². The molecule has 102 valence electrons. The Kier molecular flexibility index (Phi) is 6.14. The van der Waals surface area contributed by atoms with Crippen LogP contribution in [0.5, 0.6) is 0 Å². The fourth-order valence-corrected chi connectivity index (χ4v) is 3.16. The molecule has 1 aliphatic rings. The number of ether oxygens (including phenoxy) is 1. The Morgan fingerprint density at radius 1 is 1.28 bits per heavy atom. The van der Waals surface area contributed by atoms with Gasteiger partial charge in [-0.05, 0) is 37.1 Å². The highest BCUT2D eigenvalue weighted by atomic mass is 32.1. The monoisotopic (exact) mass is 270 g/mol. The Hall–Kier alpha value is -0.420. The molecular weight excluding hydrogens is 246 g/mol. The molecule has 0 bridgehead atoms. The minimum Gasteiger partial charge on any atom is -0.385 e. The van der Waals surface area contributed by atoms with Crippen molar-refractivity contribution in [1.29, 1.82) is 0 Å². The van der Waals surface area contributed by atoms with Crippen molar-refractivity contribution in [3.8, 4) is 0 Å². The molecule has 0 amide bonds. The topological polar surface area (TPSA) is 33.9 Å². The first-order chi connectivity index (χ1) is 8.84. The predicted molar refractivity (Wildman–Crippen MR) is 74.0 cm³/mol. The number of thiophene rings is 1. The Morgan fingerprint density at radius 3 is 2.72 bits per heavy atom. The first-order valence-corrected chi connectivity index (χ1v) is 7.84. The number of hydrogen-bond donors (Lipinski definition) is 2. The van der Waals surface area contributed by atoms with Gasteiger partial charge in [-0.1, -0.05) is 6.07 Å². The summed E-state index contributed by atoms with van der Waals surface area (Å²) in [6.45, 7) is 4.35. The van der Waals surface area contributed by atoms with E-state index in [1.165, 1.54) is 43.6 Å². The molecule has 1 fully saturated rings. The SMILES string of the molecule is O[C@@H](COCc1cccs1)C[NH+]1CCCCCC1. The lowest BCUT2D eigenvalue weighted by Crippen LogP contribution is -3.13. The second-order valence-electron chi connectivity index (χ2n) is 5.12. The number of aliphatic hydroxyl groups is 1. The van der Waals surface area contributed by atoms with Gasteiger partial charge in [0.25, 0.3) is 0 Å². The van der Waals surface area contributed by atoms with Crippen LogP contribution in [-0.2, 0) is 11.3 Å². The molecule has 1 saturated heterocycles. The predicted octanol–water partition coefficient (Wildman–Crippen LogP) is 1.08. The maximum absolute atomic E-state index is 9.98. The Labute approximate surface area is 113 Å². The molecular formula is C14H24NO2S+. The van der Waals surface area contributed by atoms with Gasteiger partial charge in [-0.15, -0.1) is 11.3 Å². The van der Waals surface area contributed by atoms with Gasteiger partial charge in [-0.25, -0.2) is 0 Å². The summed E-state index contributed by atoms with van der Waals surface area (Å²) in [5, 5.41) is 12.0. The highest BCUT2D eigenvalue weighted by Gasteiger charge is 2.16. The van der Waals surface area contributed by atoms with Gasteiger partial charge in [0.15, 0.2) is 0 Å². The summed E-state index contributed by atoms with van der Waals surface area (Å²) in [6.07, 6.45) is 5.00. The first-order valence-electron chi connectivity index (χ1n) is 6.96. The van der Waals surface area contributed by atoms with Gasteiger partial charge in [0.2, 0.25) is 0 Å². The van der Waals surface area contributed by atoms with Crippen molar-refractivity contribution in [1.82, 2.24) is 0 Å². The summed E-state index contributed by atoms with van der Waals surface area (Å²) in [7, 11) is 0. The van der Waals surface area contributed by atoms with Crippen LogP contribution in [-0.4, -0.2) is 37.5 Å². The van der Waals surface area contributed by atoms with E-state index in [4.69, 9.17) is 4.74 Å². The van der Waals surface area contributed by atoms with Gasteiger partial charge in [-0.3, -0.25) is 0 Å². The van der Waals surface area contributed by atoms with E-state index in [1.807, 2.05) is 6.07 Å². The van der Waals surface area contributed by atoms with Gasteiger partial charge in [0.05, 0.1) is 26.3 Å².